The van der Waals surface area contributed by atoms with Gasteiger partial charge >= 0.3 is 0 Å². The smallest absolute Gasteiger partial charge is 0.243 e. The van der Waals surface area contributed by atoms with E-state index < -0.39 is 10.0 Å². The molecule has 2 heterocycles. The highest BCUT2D eigenvalue weighted by Gasteiger charge is 2.39. The Bertz CT molecular complexity index is 677. The number of methoxy groups -OCH3 is 1. The Morgan fingerprint density at radius 3 is 2.78 bits per heavy atom. The van der Waals surface area contributed by atoms with Crippen LogP contribution < -0.4 is 4.74 Å². The highest BCUT2D eigenvalue weighted by molar-refractivity contribution is 7.89. The molecule has 1 aromatic carbocycles. The monoisotopic (exact) mass is 340 g/mol. The molecule has 3 rings (SSSR count). The van der Waals surface area contributed by atoms with E-state index >= 15 is 0 Å². The van der Waals surface area contributed by atoms with Crippen molar-refractivity contribution in [3.8, 4) is 5.75 Å². The van der Waals surface area contributed by atoms with Crippen molar-refractivity contribution >= 4 is 10.0 Å². The second-order valence-electron chi connectivity index (χ2n) is 6.24. The molecule has 128 valence electrons. The number of hydrogen-bond acceptors (Lipinski definition) is 5. The number of benzene rings is 1. The Hall–Kier alpha value is -1.15. The number of aryl methyl sites for hydroxylation is 1. The van der Waals surface area contributed by atoms with Crippen molar-refractivity contribution in [2.24, 2.45) is 0 Å². The maximum atomic E-state index is 12.9. The van der Waals surface area contributed by atoms with Crippen LogP contribution in [0.1, 0.15) is 12.0 Å². The number of morpholine rings is 1. The standard InChI is InChI=1S/C16H24N2O4S/c1-12-10-13(4-5-15(12)21-3)23(19,20)18-7-6-16-14(11-18)17(2)8-9-22-16/h4-5,10,14,16H,6-9,11H2,1-3H3/t14-,16-/m0/s1. The van der Waals surface area contributed by atoms with Gasteiger partial charge in [0.15, 0.2) is 0 Å². The SMILES string of the molecule is COc1ccc(S(=O)(=O)N2CC[C@@H]3OCCN(C)[C@H]3C2)cc1C. The molecule has 0 bridgehead atoms. The molecular weight excluding hydrogens is 316 g/mol. The van der Waals surface area contributed by atoms with Crippen molar-refractivity contribution < 1.29 is 17.9 Å². The second-order valence-corrected chi connectivity index (χ2v) is 8.18. The van der Waals surface area contributed by atoms with E-state index in [1.54, 1.807) is 29.6 Å². The molecule has 0 saturated carbocycles. The van der Waals surface area contributed by atoms with Gasteiger partial charge < -0.3 is 9.47 Å². The quantitative estimate of drug-likeness (QED) is 0.825. The molecule has 6 nitrogen and oxygen atoms in total. The number of fused-ring (bicyclic) bond motifs is 1. The van der Waals surface area contributed by atoms with E-state index in [1.807, 2.05) is 14.0 Å². The number of hydrogen-bond donors (Lipinski definition) is 0. The lowest BCUT2D eigenvalue weighted by Gasteiger charge is -2.45. The van der Waals surface area contributed by atoms with Gasteiger partial charge in [-0.15, -0.1) is 0 Å². The Morgan fingerprint density at radius 2 is 2.09 bits per heavy atom. The van der Waals surface area contributed by atoms with Crippen molar-refractivity contribution in [3.63, 3.8) is 0 Å². The van der Waals surface area contributed by atoms with Crippen molar-refractivity contribution in [2.45, 2.75) is 30.4 Å². The molecule has 7 heteroatoms. The van der Waals surface area contributed by atoms with Crippen LogP contribution in [0.25, 0.3) is 0 Å². The number of rotatable bonds is 3. The van der Waals surface area contributed by atoms with E-state index in [2.05, 4.69) is 4.90 Å². The molecule has 2 atom stereocenters. The molecule has 0 aromatic heterocycles. The van der Waals surface area contributed by atoms with Gasteiger partial charge in [0.2, 0.25) is 10.0 Å². The van der Waals surface area contributed by atoms with Gasteiger partial charge in [0.1, 0.15) is 5.75 Å². The third-order valence-electron chi connectivity index (χ3n) is 4.83. The number of piperidine rings is 1. The van der Waals surface area contributed by atoms with E-state index in [9.17, 15) is 8.42 Å². The van der Waals surface area contributed by atoms with Crippen LogP contribution in [0.5, 0.6) is 5.75 Å². The predicted molar refractivity (Wildman–Crippen MR) is 87.3 cm³/mol. The molecule has 2 fully saturated rings. The summed E-state index contributed by atoms with van der Waals surface area (Å²) in [4.78, 5) is 2.53. The molecule has 1 aromatic rings. The summed E-state index contributed by atoms with van der Waals surface area (Å²) in [6, 6.07) is 5.15. The van der Waals surface area contributed by atoms with Crippen molar-refractivity contribution in [3.05, 3.63) is 23.8 Å². The summed E-state index contributed by atoms with van der Waals surface area (Å²) >= 11 is 0. The van der Waals surface area contributed by atoms with Crippen molar-refractivity contribution in [1.29, 1.82) is 0 Å². The van der Waals surface area contributed by atoms with Gasteiger partial charge in [0.25, 0.3) is 0 Å². The number of nitrogens with zero attached hydrogens (tertiary/aromatic N) is 2. The van der Waals surface area contributed by atoms with Gasteiger partial charge in [-0.05, 0) is 44.2 Å². The highest BCUT2D eigenvalue weighted by Crippen LogP contribution is 2.28. The van der Waals surface area contributed by atoms with Crippen molar-refractivity contribution in [1.82, 2.24) is 9.21 Å². The van der Waals surface area contributed by atoms with Crippen LogP contribution in [0, 0.1) is 6.92 Å². The summed E-state index contributed by atoms with van der Waals surface area (Å²) in [6.45, 7) is 4.41. The van der Waals surface area contributed by atoms with Crippen LogP contribution in [-0.4, -0.2) is 70.2 Å². The number of ether oxygens (including phenoxy) is 2. The average molecular weight is 340 g/mol. The van der Waals surface area contributed by atoms with E-state index in [4.69, 9.17) is 9.47 Å². The van der Waals surface area contributed by atoms with Gasteiger partial charge in [-0.3, -0.25) is 4.90 Å². The molecule has 0 amide bonds. The molecule has 0 radical (unpaired) electrons. The summed E-state index contributed by atoms with van der Waals surface area (Å²) in [6.07, 6.45) is 0.876. The fourth-order valence-corrected chi connectivity index (χ4v) is 4.95. The first-order chi connectivity index (χ1) is 10.9. The molecule has 0 aliphatic carbocycles. The maximum Gasteiger partial charge on any atom is 0.243 e. The normalized spacial score (nSPS) is 26.7. The second kappa shape index (κ2) is 6.39. The summed E-state index contributed by atoms with van der Waals surface area (Å²) in [7, 11) is 0.131. The lowest BCUT2D eigenvalue weighted by Crippen LogP contribution is -2.59. The highest BCUT2D eigenvalue weighted by atomic mass is 32.2. The first kappa shape index (κ1) is 16.7. The summed E-state index contributed by atoms with van der Waals surface area (Å²) < 4.78 is 38.5. The molecule has 2 aliphatic rings. The Morgan fingerprint density at radius 1 is 1.30 bits per heavy atom. The largest absolute Gasteiger partial charge is 0.496 e. The predicted octanol–water partition coefficient (Wildman–Crippen LogP) is 1.10. The average Bonchev–Trinajstić information content (AvgIpc) is 2.54. The molecular formula is C16H24N2O4S. The number of likely N-dealkylation sites (N-methyl/N-ethyl adjacent to an activating group) is 1. The van der Waals surface area contributed by atoms with E-state index in [0.29, 0.717) is 23.7 Å². The van der Waals surface area contributed by atoms with Crippen LogP contribution in [0.15, 0.2) is 23.1 Å². The van der Waals surface area contributed by atoms with Crippen LogP contribution in [-0.2, 0) is 14.8 Å². The first-order valence-electron chi connectivity index (χ1n) is 7.90. The number of sulfonamides is 1. The third-order valence-corrected chi connectivity index (χ3v) is 6.69. The molecule has 0 spiro atoms. The van der Waals surface area contributed by atoms with E-state index in [0.717, 1.165) is 25.1 Å². The van der Waals surface area contributed by atoms with Gasteiger partial charge in [0.05, 0.1) is 24.7 Å². The maximum absolute atomic E-state index is 12.9. The van der Waals surface area contributed by atoms with Crippen LogP contribution in [0.2, 0.25) is 0 Å². The third kappa shape index (κ3) is 3.10. The van der Waals surface area contributed by atoms with Gasteiger partial charge in [-0.2, -0.15) is 4.31 Å². The minimum Gasteiger partial charge on any atom is -0.496 e. The fourth-order valence-electron chi connectivity index (χ4n) is 3.39. The topological polar surface area (TPSA) is 59.1 Å². The zero-order chi connectivity index (χ0) is 16.6. The zero-order valence-corrected chi connectivity index (χ0v) is 14.7. The molecule has 23 heavy (non-hydrogen) atoms. The minimum atomic E-state index is -3.49. The zero-order valence-electron chi connectivity index (χ0n) is 13.9. The summed E-state index contributed by atoms with van der Waals surface area (Å²) in [5, 5.41) is 0. The Kier molecular flexibility index (Phi) is 4.64. The Balaban J connectivity index is 1.84. The van der Waals surface area contributed by atoms with Gasteiger partial charge in [-0.1, -0.05) is 0 Å². The fraction of sp³-hybridized carbons (Fsp3) is 0.625. The lowest BCUT2D eigenvalue weighted by atomic mass is 10.0. The summed E-state index contributed by atoms with van der Waals surface area (Å²) in [5.74, 6) is 0.697. The van der Waals surface area contributed by atoms with Crippen molar-refractivity contribution in [2.75, 3.05) is 40.4 Å². The van der Waals surface area contributed by atoms with E-state index in [1.165, 1.54) is 0 Å². The minimum absolute atomic E-state index is 0.131. The first-order valence-corrected chi connectivity index (χ1v) is 9.34. The van der Waals surface area contributed by atoms with E-state index in [-0.39, 0.29) is 12.1 Å². The lowest BCUT2D eigenvalue weighted by molar-refractivity contribution is -0.0840. The van der Waals surface area contributed by atoms with Crippen LogP contribution in [0.4, 0.5) is 0 Å². The molecule has 0 N–H and O–H groups in total. The molecule has 0 unspecified atom stereocenters. The van der Waals surface area contributed by atoms with Crippen LogP contribution in [0.3, 0.4) is 0 Å². The molecule has 2 saturated heterocycles. The Labute approximate surface area is 138 Å². The van der Waals surface area contributed by atoms with Gasteiger partial charge in [0, 0.05) is 25.7 Å². The molecule has 2 aliphatic heterocycles. The summed E-state index contributed by atoms with van der Waals surface area (Å²) in [5.41, 5.74) is 0.821. The van der Waals surface area contributed by atoms with Gasteiger partial charge in [-0.25, -0.2) is 8.42 Å². The van der Waals surface area contributed by atoms with Crippen LogP contribution >= 0.6 is 0 Å².